The van der Waals surface area contributed by atoms with Crippen LogP contribution in [-0.4, -0.2) is 50.9 Å². The molecule has 0 saturated carbocycles. The lowest BCUT2D eigenvalue weighted by molar-refractivity contribution is -0.137. The molecule has 12 heteroatoms. The molecule has 1 aliphatic rings. The van der Waals surface area contributed by atoms with E-state index in [1.165, 1.54) is 22.9 Å². The topological polar surface area (TPSA) is 110 Å². The summed E-state index contributed by atoms with van der Waals surface area (Å²) in [7, 11) is 0. The van der Waals surface area contributed by atoms with Gasteiger partial charge in [0, 0.05) is 28.0 Å². The number of para-hydroxylation sites is 1. The fourth-order valence-electron chi connectivity index (χ4n) is 4.69. The molecule has 1 aromatic heterocycles. The number of amides is 3. The molecular formula is C27H21ClF3N5O3. The Bertz CT molecular complexity index is 1620. The van der Waals surface area contributed by atoms with Gasteiger partial charge in [-0.3, -0.25) is 19.1 Å². The van der Waals surface area contributed by atoms with Gasteiger partial charge in [-0.2, -0.15) is 5.10 Å². The number of nitrogens with one attached hydrogen (secondary N) is 1. The van der Waals surface area contributed by atoms with E-state index >= 15 is 4.39 Å². The van der Waals surface area contributed by atoms with Gasteiger partial charge in [0.05, 0.1) is 17.7 Å². The van der Waals surface area contributed by atoms with Gasteiger partial charge in [-0.25, -0.2) is 13.2 Å². The fourth-order valence-corrected chi connectivity index (χ4v) is 4.93. The van der Waals surface area contributed by atoms with Crippen molar-refractivity contribution in [3.63, 3.8) is 0 Å². The minimum atomic E-state index is -3.35. The summed E-state index contributed by atoms with van der Waals surface area (Å²) in [5.41, 5.74) is 5.95. The molecule has 1 aliphatic heterocycles. The van der Waals surface area contributed by atoms with E-state index in [9.17, 15) is 23.2 Å². The SMILES string of the molecule is NC(=O)c1nn(CC(=O)N2CC(F)(F)CC2C(=O)Nc2cccc(-c3ccccc3Cl)c2F)c2ccccc12. The molecule has 0 bridgehead atoms. The summed E-state index contributed by atoms with van der Waals surface area (Å²) in [6, 6.07) is 15.7. The van der Waals surface area contributed by atoms with E-state index < -0.39 is 55.0 Å². The number of carbonyl (C=O) groups excluding carboxylic acids is 3. The molecule has 200 valence electrons. The summed E-state index contributed by atoms with van der Waals surface area (Å²) in [5.74, 6) is -6.77. The summed E-state index contributed by atoms with van der Waals surface area (Å²) in [6.07, 6.45) is -0.942. The smallest absolute Gasteiger partial charge is 0.269 e. The van der Waals surface area contributed by atoms with Crippen molar-refractivity contribution in [3.8, 4) is 11.1 Å². The van der Waals surface area contributed by atoms with Gasteiger partial charge in [0.2, 0.25) is 11.8 Å². The Hall–Kier alpha value is -4.38. The summed E-state index contributed by atoms with van der Waals surface area (Å²) in [4.78, 5) is 38.8. The predicted octanol–water partition coefficient (Wildman–Crippen LogP) is 4.47. The Morgan fingerprint density at radius 1 is 1.03 bits per heavy atom. The van der Waals surface area contributed by atoms with Gasteiger partial charge in [0.25, 0.3) is 11.8 Å². The first-order valence-corrected chi connectivity index (χ1v) is 12.2. The van der Waals surface area contributed by atoms with Crippen molar-refractivity contribution >= 4 is 45.9 Å². The number of aromatic nitrogens is 2. The van der Waals surface area contributed by atoms with E-state index in [1.807, 2.05) is 0 Å². The number of nitrogens with zero attached hydrogens (tertiary/aromatic N) is 3. The largest absolute Gasteiger partial charge is 0.364 e. The Kier molecular flexibility index (Phi) is 6.77. The van der Waals surface area contributed by atoms with E-state index in [0.29, 0.717) is 16.5 Å². The normalized spacial score (nSPS) is 16.4. The van der Waals surface area contributed by atoms with E-state index in [4.69, 9.17) is 17.3 Å². The summed E-state index contributed by atoms with van der Waals surface area (Å²) >= 11 is 6.19. The maximum absolute atomic E-state index is 15.3. The molecule has 0 aliphatic carbocycles. The van der Waals surface area contributed by atoms with Crippen LogP contribution in [0.1, 0.15) is 16.9 Å². The molecule has 0 spiro atoms. The highest BCUT2D eigenvalue weighted by atomic mass is 35.5. The van der Waals surface area contributed by atoms with Crippen molar-refractivity contribution in [1.29, 1.82) is 0 Å². The Labute approximate surface area is 225 Å². The minimum absolute atomic E-state index is 0.0756. The Morgan fingerprint density at radius 2 is 1.72 bits per heavy atom. The van der Waals surface area contributed by atoms with Crippen LogP contribution in [0.5, 0.6) is 0 Å². The molecule has 0 radical (unpaired) electrons. The number of halogens is 4. The average Bonchev–Trinajstić information content (AvgIpc) is 3.43. The minimum Gasteiger partial charge on any atom is -0.364 e. The molecule has 2 heterocycles. The second-order valence-electron chi connectivity index (χ2n) is 9.12. The maximum atomic E-state index is 15.3. The Morgan fingerprint density at radius 3 is 2.46 bits per heavy atom. The van der Waals surface area contributed by atoms with Crippen LogP contribution >= 0.6 is 11.6 Å². The molecule has 4 aromatic rings. The van der Waals surface area contributed by atoms with Crippen molar-refractivity contribution in [1.82, 2.24) is 14.7 Å². The van der Waals surface area contributed by atoms with Crippen molar-refractivity contribution in [2.75, 3.05) is 11.9 Å². The standard InChI is InChI=1S/C27H21ClF3N5O3/c28-18-9-3-1-6-15(18)16-8-5-10-19(23(16)29)33-26(39)21-12-27(30,31)14-35(21)22(37)13-36-20-11-4-2-7-17(20)24(34-36)25(32)38/h1-11,21H,12-14H2,(H2,32,38)(H,33,39). The molecule has 3 N–H and O–H groups in total. The summed E-state index contributed by atoms with van der Waals surface area (Å²) < 4.78 is 45.5. The maximum Gasteiger partial charge on any atom is 0.269 e. The van der Waals surface area contributed by atoms with Gasteiger partial charge in [0.15, 0.2) is 11.5 Å². The van der Waals surface area contributed by atoms with Crippen molar-refractivity contribution in [2.24, 2.45) is 5.73 Å². The molecule has 1 saturated heterocycles. The van der Waals surface area contributed by atoms with Crippen LogP contribution in [0.15, 0.2) is 66.7 Å². The van der Waals surface area contributed by atoms with Crippen LogP contribution in [0.25, 0.3) is 22.0 Å². The number of likely N-dealkylation sites (tertiary alicyclic amines) is 1. The first kappa shape index (κ1) is 26.2. The van der Waals surface area contributed by atoms with Gasteiger partial charge in [-0.15, -0.1) is 0 Å². The highest BCUT2D eigenvalue weighted by molar-refractivity contribution is 6.33. The number of alkyl halides is 2. The zero-order valence-electron chi connectivity index (χ0n) is 20.2. The van der Waals surface area contributed by atoms with Gasteiger partial charge in [-0.05, 0) is 18.2 Å². The summed E-state index contributed by atoms with van der Waals surface area (Å²) in [6.45, 7) is -1.53. The van der Waals surface area contributed by atoms with Crippen molar-refractivity contribution in [3.05, 3.63) is 83.3 Å². The number of benzene rings is 3. The van der Waals surface area contributed by atoms with Crippen molar-refractivity contribution < 1.29 is 27.6 Å². The highest BCUT2D eigenvalue weighted by Crippen LogP contribution is 2.35. The van der Waals surface area contributed by atoms with Crippen LogP contribution in [0.4, 0.5) is 18.9 Å². The zero-order chi connectivity index (χ0) is 27.9. The quantitative estimate of drug-likeness (QED) is 0.366. The van der Waals surface area contributed by atoms with Crippen LogP contribution in [-0.2, 0) is 16.1 Å². The van der Waals surface area contributed by atoms with E-state index in [1.54, 1.807) is 48.5 Å². The van der Waals surface area contributed by atoms with E-state index in [0.717, 1.165) is 4.90 Å². The molecule has 39 heavy (non-hydrogen) atoms. The number of carbonyl (C=O) groups is 3. The molecule has 1 atom stereocenters. The Balaban J connectivity index is 1.40. The second kappa shape index (κ2) is 10.1. The second-order valence-corrected chi connectivity index (χ2v) is 9.53. The van der Waals surface area contributed by atoms with Crippen molar-refractivity contribution in [2.45, 2.75) is 24.9 Å². The highest BCUT2D eigenvalue weighted by Gasteiger charge is 2.50. The number of hydrogen-bond acceptors (Lipinski definition) is 4. The van der Waals surface area contributed by atoms with Crippen LogP contribution in [0.2, 0.25) is 5.02 Å². The van der Waals surface area contributed by atoms with Crippen LogP contribution in [0, 0.1) is 5.82 Å². The summed E-state index contributed by atoms with van der Waals surface area (Å²) in [5, 5.41) is 7.11. The predicted molar refractivity (Wildman–Crippen MR) is 139 cm³/mol. The number of rotatable bonds is 6. The number of hydrogen-bond donors (Lipinski definition) is 2. The van der Waals surface area contributed by atoms with E-state index in [-0.39, 0.29) is 22.0 Å². The third kappa shape index (κ3) is 5.05. The molecule has 3 amide bonds. The van der Waals surface area contributed by atoms with Gasteiger partial charge in [0.1, 0.15) is 12.6 Å². The van der Waals surface area contributed by atoms with Gasteiger partial charge >= 0.3 is 0 Å². The first-order valence-electron chi connectivity index (χ1n) is 11.8. The third-order valence-corrected chi connectivity index (χ3v) is 6.82. The molecule has 3 aromatic carbocycles. The fraction of sp³-hybridized carbons (Fsp3) is 0.185. The average molecular weight is 556 g/mol. The lowest BCUT2D eigenvalue weighted by atomic mass is 10.0. The zero-order valence-corrected chi connectivity index (χ0v) is 21.0. The molecule has 8 nitrogen and oxygen atoms in total. The van der Waals surface area contributed by atoms with Crippen LogP contribution in [0.3, 0.4) is 0 Å². The molecule has 5 rings (SSSR count). The lowest BCUT2D eigenvalue weighted by Crippen LogP contribution is -2.44. The third-order valence-electron chi connectivity index (χ3n) is 6.49. The molecule has 1 fully saturated rings. The molecule has 1 unspecified atom stereocenters. The number of nitrogens with two attached hydrogens (primary N) is 1. The number of fused-ring (bicyclic) bond motifs is 1. The monoisotopic (exact) mass is 555 g/mol. The first-order chi connectivity index (χ1) is 18.6. The number of anilines is 1. The van der Waals surface area contributed by atoms with Crippen LogP contribution < -0.4 is 11.1 Å². The lowest BCUT2D eigenvalue weighted by Gasteiger charge is -2.23. The molecular weight excluding hydrogens is 535 g/mol. The van der Waals surface area contributed by atoms with Gasteiger partial charge in [-0.1, -0.05) is 60.1 Å². The number of primary amides is 1. The van der Waals surface area contributed by atoms with Gasteiger partial charge < -0.3 is 16.0 Å². The van der Waals surface area contributed by atoms with E-state index in [2.05, 4.69) is 10.4 Å².